The van der Waals surface area contributed by atoms with Crippen LogP contribution in [0, 0.1) is 5.82 Å². The van der Waals surface area contributed by atoms with Crippen LogP contribution in [0.1, 0.15) is 32.1 Å². The number of rotatable bonds is 4. The van der Waals surface area contributed by atoms with E-state index in [1.807, 2.05) is 4.90 Å². The fourth-order valence-corrected chi connectivity index (χ4v) is 3.59. The molecule has 2 saturated heterocycles. The molecule has 2 fully saturated rings. The molecule has 1 amide bonds. The van der Waals surface area contributed by atoms with Crippen LogP contribution < -0.4 is 4.74 Å². The highest BCUT2D eigenvalue weighted by Gasteiger charge is 2.26. The number of amides is 1. The Balaban J connectivity index is 1.49. The van der Waals surface area contributed by atoms with Gasteiger partial charge < -0.3 is 14.5 Å². The van der Waals surface area contributed by atoms with E-state index in [0.29, 0.717) is 6.04 Å². The van der Waals surface area contributed by atoms with Crippen LogP contribution in [0.25, 0.3) is 0 Å². The van der Waals surface area contributed by atoms with E-state index in [1.54, 1.807) is 18.2 Å². The lowest BCUT2D eigenvalue weighted by molar-refractivity contribution is -0.133. The van der Waals surface area contributed by atoms with Crippen LogP contribution in [0.2, 0.25) is 0 Å². The van der Waals surface area contributed by atoms with Crippen LogP contribution in [-0.2, 0) is 4.79 Å². The summed E-state index contributed by atoms with van der Waals surface area (Å²) in [6.45, 7) is 3.88. The van der Waals surface area contributed by atoms with Crippen LogP contribution in [0.4, 0.5) is 4.39 Å². The summed E-state index contributed by atoms with van der Waals surface area (Å²) in [5, 5.41) is 0. The molecule has 3 rings (SSSR count). The number of ether oxygens (including phenoxy) is 1. The molecule has 126 valence electrons. The van der Waals surface area contributed by atoms with Crippen molar-refractivity contribution in [3.63, 3.8) is 0 Å². The van der Waals surface area contributed by atoms with Gasteiger partial charge in [0.05, 0.1) is 0 Å². The van der Waals surface area contributed by atoms with Crippen LogP contribution >= 0.6 is 0 Å². The first kappa shape index (κ1) is 16.2. The maximum atomic E-state index is 13.5. The molecule has 2 aliphatic heterocycles. The number of benzene rings is 1. The Bertz CT molecular complexity index is 532. The quantitative estimate of drug-likeness (QED) is 0.855. The first-order valence-electron chi connectivity index (χ1n) is 8.63. The van der Waals surface area contributed by atoms with Crippen molar-refractivity contribution in [3.8, 4) is 5.75 Å². The highest BCUT2D eigenvalue weighted by atomic mass is 19.1. The number of hydrogen-bond donors (Lipinski definition) is 0. The lowest BCUT2D eigenvalue weighted by Crippen LogP contribution is -2.37. The lowest BCUT2D eigenvalue weighted by Gasteiger charge is -2.26. The van der Waals surface area contributed by atoms with Crippen LogP contribution in [0.5, 0.6) is 5.75 Å². The second-order valence-electron chi connectivity index (χ2n) is 6.43. The van der Waals surface area contributed by atoms with Crippen molar-refractivity contribution in [1.29, 1.82) is 0 Å². The first-order valence-corrected chi connectivity index (χ1v) is 8.63. The summed E-state index contributed by atoms with van der Waals surface area (Å²) in [5.74, 6) is -0.328. The molecule has 0 aromatic heterocycles. The number of carbonyl (C=O) groups excluding carboxylic acids is 1. The molecule has 5 heteroatoms. The van der Waals surface area contributed by atoms with Gasteiger partial charge in [0.15, 0.2) is 18.2 Å². The number of halogens is 1. The Morgan fingerprint density at radius 2 is 1.87 bits per heavy atom. The molecule has 0 N–H and O–H groups in total. The SMILES string of the molecule is O=C(COc1ccccc1F)N1CCCC(N2CCCC2)CC1. The summed E-state index contributed by atoms with van der Waals surface area (Å²) in [5.41, 5.74) is 0. The zero-order valence-electron chi connectivity index (χ0n) is 13.5. The van der Waals surface area contributed by atoms with Gasteiger partial charge >= 0.3 is 0 Å². The van der Waals surface area contributed by atoms with Gasteiger partial charge in [0.25, 0.3) is 5.91 Å². The highest BCUT2D eigenvalue weighted by molar-refractivity contribution is 5.77. The van der Waals surface area contributed by atoms with Crippen molar-refractivity contribution < 1.29 is 13.9 Å². The molecule has 2 aliphatic rings. The van der Waals surface area contributed by atoms with Gasteiger partial charge in [-0.25, -0.2) is 4.39 Å². The fraction of sp³-hybridized carbons (Fsp3) is 0.611. The smallest absolute Gasteiger partial charge is 0.260 e. The Morgan fingerprint density at radius 1 is 1.09 bits per heavy atom. The molecule has 4 nitrogen and oxygen atoms in total. The Hall–Kier alpha value is -1.62. The van der Waals surface area contributed by atoms with Crippen LogP contribution in [-0.4, -0.2) is 54.5 Å². The minimum Gasteiger partial charge on any atom is -0.481 e. The fourth-order valence-electron chi connectivity index (χ4n) is 3.59. The number of likely N-dealkylation sites (tertiary alicyclic amines) is 2. The third kappa shape index (κ3) is 4.22. The molecule has 0 aliphatic carbocycles. The molecule has 0 spiro atoms. The summed E-state index contributed by atoms with van der Waals surface area (Å²) in [6, 6.07) is 6.82. The highest BCUT2D eigenvalue weighted by Crippen LogP contribution is 2.21. The monoisotopic (exact) mass is 320 g/mol. The average molecular weight is 320 g/mol. The minimum atomic E-state index is -0.426. The number of carbonyl (C=O) groups is 1. The van der Waals surface area contributed by atoms with Gasteiger partial charge in [-0.3, -0.25) is 4.79 Å². The van der Waals surface area contributed by atoms with E-state index in [0.717, 1.165) is 32.4 Å². The molecule has 1 unspecified atom stereocenters. The molecular formula is C18H25FN2O2. The molecule has 23 heavy (non-hydrogen) atoms. The summed E-state index contributed by atoms with van der Waals surface area (Å²) < 4.78 is 18.9. The molecular weight excluding hydrogens is 295 g/mol. The van der Waals surface area contributed by atoms with Gasteiger partial charge in [-0.15, -0.1) is 0 Å². The summed E-state index contributed by atoms with van der Waals surface area (Å²) in [7, 11) is 0. The lowest BCUT2D eigenvalue weighted by atomic mass is 10.1. The standard InChI is InChI=1S/C18H25FN2O2/c19-16-7-1-2-8-17(16)23-14-18(22)21-12-5-6-15(9-13-21)20-10-3-4-11-20/h1-2,7-8,15H,3-6,9-14H2. The molecule has 1 atom stereocenters. The van der Waals surface area contributed by atoms with E-state index in [4.69, 9.17) is 4.74 Å². The Kier molecular flexibility index (Phi) is 5.49. The van der Waals surface area contributed by atoms with E-state index in [2.05, 4.69) is 4.90 Å². The van der Waals surface area contributed by atoms with Gasteiger partial charge in [0.1, 0.15) is 0 Å². The molecule has 2 heterocycles. The molecule has 1 aromatic rings. The summed E-state index contributed by atoms with van der Waals surface area (Å²) >= 11 is 0. The Morgan fingerprint density at radius 3 is 2.65 bits per heavy atom. The molecule has 1 aromatic carbocycles. The maximum Gasteiger partial charge on any atom is 0.260 e. The zero-order chi connectivity index (χ0) is 16.1. The van der Waals surface area contributed by atoms with Gasteiger partial charge in [0.2, 0.25) is 0 Å². The molecule has 0 saturated carbocycles. The second kappa shape index (κ2) is 7.77. The largest absolute Gasteiger partial charge is 0.481 e. The average Bonchev–Trinajstić information content (AvgIpc) is 2.98. The van der Waals surface area contributed by atoms with E-state index >= 15 is 0 Å². The Labute approximate surface area is 137 Å². The van der Waals surface area contributed by atoms with Crippen LogP contribution in [0.3, 0.4) is 0 Å². The number of para-hydroxylation sites is 1. The van der Waals surface area contributed by atoms with Crippen molar-refractivity contribution >= 4 is 5.91 Å². The molecule has 0 radical (unpaired) electrons. The third-order valence-corrected chi connectivity index (χ3v) is 4.90. The van der Waals surface area contributed by atoms with Crippen molar-refractivity contribution in [2.75, 3.05) is 32.8 Å². The van der Waals surface area contributed by atoms with E-state index in [1.165, 1.54) is 32.0 Å². The topological polar surface area (TPSA) is 32.8 Å². The second-order valence-corrected chi connectivity index (χ2v) is 6.43. The van der Waals surface area contributed by atoms with Crippen LogP contribution in [0.15, 0.2) is 24.3 Å². The minimum absolute atomic E-state index is 0.0460. The zero-order valence-corrected chi connectivity index (χ0v) is 13.5. The van der Waals surface area contributed by atoms with E-state index < -0.39 is 5.82 Å². The normalized spacial score (nSPS) is 22.8. The predicted molar refractivity (Wildman–Crippen MR) is 86.9 cm³/mol. The predicted octanol–water partition coefficient (Wildman–Crippen LogP) is 2.68. The van der Waals surface area contributed by atoms with Gasteiger partial charge in [-0.2, -0.15) is 0 Å². The summed E-state index contributed by atoms with van der Waals surface area (Å²) in [6.07, 6.45) is 5.83. The van der Waals surface area contributed by atoms with Crippen molar-refractivity contribution in [1.82, 2.24) is 9.80 Å². The van der Waals surface area contributed by atoms with E-state index in [9.17, 15) is 9.18 Å². The summed E-state index contributed by atoms with van der Waals surface area (Å²) in [4.78, 5) is 16.8. The molecule has 0 bridgehead atoms. The van der Waals surface area contributed by atoms with Crippen molar-refractivity contribution in [2.45, 2.75) is 38.1 Å². The third-order valence-electron chi connectivity index (χ3n) is 4.90. The van der Waals surface area contributed by atoms with Crippen molar-refractivity contribution in [2.24, 2.45) is 0 Å². The van der Waals surface area contributed by atoms with E-state index in [-0.39, 0.29) is 18.3 Å². The van der Waals surface area contributed by atoms with Gasteiger partial charge in [-0.1, -0.05) is 12.1 Å². The van der Waals surface area contributed by atoms with Gasteiger partial charge in [-0.05, 0) is 57.3 Å². The first-order chi connectivity index (χ1) is 11.2. The van der Waals surface area contributed by atoms with Gasteiger partial charge in [0, 0.05) is 19.1 Å². The maximum absolute atomic E-state index is 13.5. The van der Waals surface area contributed by atoms with Crippen molar-refractivity contribution in [3.05, 3.63) is 30.1 Å². The number of hydrogen-bond acceptors (Lipinski definition) is 3. The number of nitrogens with zero attached hydrogens (tertiary/aromatic N) is 2.